The Morgan fingerprint density at radius 2 is 1.56 bits per heavy atom. The van der Waals surface area contributed by atoms with Gasteiger partial charge in [0.2, 0.25) is 10.0 Å². The van der Waals surface area contributed by atoms with E-state index in [0.717, 1.165) is 28.2 Å². The summed E-state index contributed by atoms with van der Waals surface area (Å²) in [5, 5.41) is 0. The Morgan fingerprint density at radius 1 is 0.920 bits per heavy atom. The number of nitrogens with one attached hydrogen (secondary N) is 1. The van der Waals surface area contributed by atoms with Gasteiger partial charge in [0, 0.05) is 23.6 Å². The van der Waals surface area contributed by atoms with Crippen molar-refractivity contribution in [2.75, 3.05) is 0 Å². The molecule has 0 saturated heterocycles. The molecule has 0 amide bonds. The van der Waals surface area contributed by atoms with Crippen LogP contribution < -0.4 is 4.72 Å². The second-order valence-corrected chi connectivity index (χ2v) is 7.97. The zero-order valence-corrected chi connectivity index (χ0v) is 15.5. The lowest BCUT2D eigenvalue weighted by atomic mass is 10.2. The highest BCUT2D eigenvalue weighted by Crippen LogP contribution is 2.21. The minimum absolute atomic E-state index is 0.267. The zero-order valence-electron chi connectivity index (χ0n) is 14.7. The lowest BCUT2D eigenvalue weighted by molar-refractivity contribution is 0.581. The van der Waals surface area contributed by atoms with Gasteiger partial charge in [0.15, 0.2) is 0 Å². The molecule has 1 aromatic heterocycles. The van der Waals surface area contributed by atoms with E-state index in [1.165, 1.54) is 0 Å². The molecule has 3 aromatic rings. The SMILES string of the molecule is Cc1ccc(S(=O)(=O)NCc2cc(C)n(-c3ccccc3)c2C)cc1. The second-order valence-electron chi connectivity index (χ2n) is 6.20. The largest absolute Gasteiger partial charge is 0.318 e. The summed E-state index contributed by atoms with van der Waals surface area (Å²) in [6.45, 7) is 6.23. The number of aromatic nitrogens is 1. The van der Waals surface area contributed by atoms with E-state index >= 15 is 0 Å². The predicted octanol–water partition coefficient (Wildman–Crippen LogP) is 3.88. The molecule has 0 bridgehead atoms. The van der Waals surface area contributed by atoms with Crippen molar-refractivity contribution in [2.24, 2.45) is 0 Å². The summed E-state index contributed by atoms with van der Waals surface area (Å²) in [6.07, 6.45) is 0. The number of rotatable bonds is 5. The highest BCUT2D eigenvalue weighted by atomic mass is 32.2. The molecular formula is C20H22N2O2S. The van der Waals surface area contributed by atoms with Gasteiger partial charge in [0.05, 0.1) is 4.90 Å². The number of hydrogen-bond donors (Lipinski definition) is 1. The Hall–Kier alpha value is -2.37. The maximum Gasteiger partial charge on any atom is 0.240 e. The predicted molar refractivity (Wildman–Crippen MR) is 100 cm³/mol. The number of para-hydroxylation sites is 1. The van der Waals surface area contributed by atoms with Crippen molar-refractivity contribution in [2.45, 2.75) is 32.2 Å². The van der Waals surface area contributed by atoms with Crippen molar-refractivity contribution in [3.63, 3.8) is 0 Å². The summed E-state index contributed by atoms with van der Waals surface area (Å²) in [4.78, 5) is 0.287. The van der Waals surface area contributed by atoms with Crippen molar-refractivity contribution in [3.8, 4) is 5.69 Å². The molecule has 0 aliphatic carbocycles. The first-order valence-electron chi connectivity index (χ1n) is 8.18. The van der Waals surface area contributed by atoms with Crippen LogP contribution in [-0.4, -0.2) is 13.0 Å². The third kappa shape index (κ3) is 3.67. The Morgan fingerprint density at radius 3 is 2.20 bits per heavy atom. The van der Waals surface area contributed by atoms with Crippen molar-refractivity contribution in [3.05, 3.63) is 83.2 Å². The van der Waals surface area contributed by atoms with Gasteiger partial charge in [-0.2, -0.15) is 0 Å². The molecule has 0 aliphatic heterocycles. The average molecular weight is 354 g/mol. The van der Waals surface area contributed by atoms with Gasteiger partial charge in [0.25, 0.3) is 0 Å². The number of nitrogens with zero attached hydrogens (tertiary/aromatic N) is 1. The highest BCUT2D eigenvalue weighted by Gasteiger charge is 2.16. The van der Waals surface area contributed by atoms with Crippen molar-refractivity contribution in [1.82, 2.24) is 9.29 Å². The molecule has 0 saturated carbocycles. The van der Waals surface area contributed by atoms with Crippen molar-refractivity contribution in [1.29, 1.82) is 0 Å². The molecule has 2 aromatic carbocycles. The maximum atomic E-state index is 12.5. The third-order valence-electron chi connectivity index (χ3n) is 4.33. The Kier molecular flexibility index (Phi) is 4.79. The Balaban J connectivity index is 1.84. The summed E-state index contributed by atoms with van der Waals surface area (Å²) in [7, 11) is -3.52. The monoisotopic (exact) mass is 354 g/mol. The van der Waals surface area contributed by atoms with Crippen LogP contribution in [0.3, 0.4) is 0 Å². The minimum Gasteiger partial charge on any atom is -0.318 e. The topological polar surface area (TPSA) is 51.1 Å². The van der Waals surface area contributed by atoms with E-state index in [2.05, 4.69) is 9.29 Å². The first kappa shape index (κ1) is 17.5. The van der Waals surface area contributed by atoms with Gasteiger partial charge in [-0.15, -0.1) is 0 Å². The van der Waals surface area contributed by atoms with Crippen LogP contribution in [0.5, 0.6) is 0 Å². The molecule has 0 atom stereocenters. The molecule has 0 aliphatic rings. The molecule has 25 heavy (non-hydrogen) atoms. The number of sulfonamides is 1. The molecule has 1 heterocycles. The van der Waals surface area contributed by atoms with Crippen LogP contribution in [0.2, 0.25) is 0 Å². The van der Waals surface area contributed by atoms with E-state index in [4.69, 9.17) is 0 Å². The summed E-state index contributed by atoms with van der Waals surface area (Å²) >= 11 is 0. The molecular weight excluding hydrogens is 332 g/mol. The quantitative estimate of drug-likeness (QED) is 0.756. The maximum absolute atomic E-state index is 12.5. The van der Waals surface area contributed by atoms with E-state index in [1.54, 1.807) is 24.3 Å². The van der Waals surface area contributed by atoms with Gasteiger partial charge in [-0.1, -0.05) is 35.9 Å². The van der Waals surface area contributed by atoms with E-state index in [1.807, 2.05) is 57.2 Å². The van der Waals surface area contributed by atoms with Gasteiger partial charge in [0.1, 0.15) is 0 Å². The van der Waals surface area contributed by atoms with Crippen LogP contribution in [0.25, 0.3) is 5.69 Å². The van der Waals surface area contributed by atoms with Crippen LogP contribution >= 0.6 is 0 Å². The number of benzene rings is 2. The molecule has 5 heteroatoms. The Bertz CT molecular complexity index is 973. The fraction of sp³-hybridized carbons (Fsp3) is 0.200. The van der Waals surface area contributed by atoms with Crippen LogP contribution in [0.15, 0.2) is 65.6 Å². The van der Waals surface area contributed by atoms with Gasteiger partial charge >= 0.3 is 0 Å². The normalized spacial score (nSPS) is 11.6. The van der Waals surface area contributed by atoms with Crippen molar-refractivity contribution < 1.29 is 8.42 Å². The summed E-state index contributed by atoms with van der Waals surface area (Å²) in [5.41, 5.74) is 5.19. The molecule has 1 N–H and O–H groups in total. The van der Waals surface area contributed by atoms with E-state index < -0.39 is 10.0 Å². The minimum atomic E-state index is -3.52. The summed E-state index contributed by atoms with van der Waals surface area (Å²) in [6, 6.07) is 18.9. The molecule has 0 unspecified atom stereocenters. The second kappa shape index (κ2) is 6.86. The van der Waals surface area contributed by atoms with Gasteiger partial charge in [-0.3, -0.25) is 0 Å². The van der Waals surface area contributed by atoms with Crippen LogP contribution in [0.4, 0.5) is 0 Å². The number of hydrogen-bond acceptors (Lipinski definition) is 2. The molecule has 0 spiro atoms. The zero-order chi connectivity index (χ0) is 18.0. The lowest BCUT2D eigenvalue weighted by Crippen LogP contribution is -2.23. The fourth-order valence-electron chi connectivity index (χ4n) is 2.96. The lowest BCUT2D eigenvalue weighted by Gasteiger charge is -2.10. The summed E-state index contributed by atoms with van der Waals surface area (Å²) < 4.78 is 29.8. The van der Waals surface area contributed by atoms with Gasteiger partial charge < -0.3 is 4.57 Å². The molecule has 0 fully saturated rings. The fourth-order valence-corrected chi connectivity index (χ4v) is 3.96. The number of aryl methyl sites for hydroxylation is 2. The average Bonchev–Trinajstić information content (AvgIpc) is 2.88. The van der Waals surface area contributed by atoms with Crippen LogP contribution in [-0.2, 0) is 16.6 Å². The van der Waals surface area contributed by atoms with E-state index in [0.29, 0.717) is 0 Å². The standard InChI is InChI=1S/C20H22N2O2S/c1-15-9-11-20(12-10-15)25(23,24)21-14-18-13-16(2)22(17(18)3)19-7-5-4-6-8-19/h4-13,21H,14H2,1-3H3. The molecule has 4 nitrogen and oxygen atoms in total. The van der Waals surface area contributed by atoms with Gasteiger partial charge in [-0.25, -0.2) is 13.1 Å². The molecule has 130 valence electrons. The summed E-state index contributed by atoms with van der Waals surface area (Å²) in [5.74, 6) is 0. The molecule has 3 rings (SSSR count). The van der Waals surface area contributed by atoms with E-state index in [-0.39, 0.29) is 11.4 Å². The van der Waals surface area contributed by atoms with Crippen LogP contribution in [0, 0.1) is 20.8 Å². The van der Waals surface area contributed by atoms with Gasteiger partial charge in [-0.05, 0) is 56.7 Å². The van der Waals surface area contributed by atoms with E-state index in [9.17, 15) is 8.42 Å². The molecule has 0 radical (unpaired) electrons. The third-order valence-corrected chi connectivity index (χ3v) is 5.75. The first-order valence-corrected chi connectivity index (χ1v) is 9.66. The Labute approximate surface area is 149 Å². The smallest absolute Gasteiger partial charge is 0.240 e. The van der Waals surface area contributed by atoms with Crippen molar-refractivity contribution >= 4 is 10.0 Å². The highest BCUT2D eigenvalue weighted by molar-refractivity contribution is 7.89. The van der Waals surface area contributed by atoms with Crippen LogP contribution in [0.1, 0.15) is 22.5 Å². The first-order chi connectivity index (χ1) is 11.9.